The Hall–Kier alpha value is -0.810. The molecule has 6 heteroatoms. The lowest BCUT2D eigenvalue weighted by atomic mass is 9.95. The second kappa shape index (κ2) is 7.64. The van der Waals surface area contributed by atoms with Gasteiger partial charge in [0.05, 0.1) is 0 Å². The minimum atomic E-state index is -0.336. The molecule has 1 saturated carbocycles. The summed E-state index contributed by atoms with van der Waals surface area (Å²) in [4.78, 5) is 24.0. The maximum Gasteiger partial charge on any atom is 0.243 e. The Bertz CT molecular complexity index is 400. The van der Waals surface area contributed by atoms with E-state index >= 15 is 0 Å². The van der Waals surface area contributed by atoms with E-state index in [9.17, 15) is 9.59 Å². The minimum Gasteiger partial charge on any atom is -0.351 e. The Morgan fingerprint density at radius 3 is 2.18 bits per heavy atom. The third-order valence-corrected chi connectivity index (χ3v) is 5.33. The van der Waals surface area contributed by atoms with Crippen LogP contribution in [0, 0.1) is 5.92 Å². The Morgan fingerprint density at radius 1 is 1.05 bits per heavy atom. The lowest BCUT2D eigenvalue weighted by Crippen LogP contribution is -2.55. The van der Waals surface area contributed by atoms with Crippen LogP contribution in [-0.4, -0.2) is 36.0 Å². The zero-order valence-corrected chi connectivity index (χ0v) is 14.1. The molecule has 0 aromatic rings. The first-order valence-electron chi connectivity index (χ1n) is 8.45. The van der Waals surface area contributed by atoms with Gasteiger partial charge in [-0.05, 0) is 44.4 Å². The van der Waals surface area contributed by atoms with Crippen LogP contribution >= 0.6 is 12.4 Å². The molecule has 2 saturated heterocycles. The van der Waals surface area contributed by atoms with E-state index < -0.39 is 0 Å². The Morgan fingerprint density at radius 2 is 1.64 bits per heavy atom. The van der Waals surface area contributed by atoms with Gasteiger partial charge in [-0.3, -0.25) is 9.59 Å². The summed E-state index contributed by atoms with van der Waals surface area (Å²) in [7, 11) is 0. The van der Waals surface area contributed by atoms with Gasteiger partial charge in [-0.1, -0.05) is 12.8 Å². The molecule has 0 radical (unpaired) electrons. The first-order chi connectivity index (χ1) is 10.1. The van der Waals surface area contributed by atoms with Gasteiger partial charge in [0, 0.05) is 25.0 Å². The molecular formula is C16H28ClN3O2. The molecule has 3 unspecified atom stereocenters. The molecule has 2 bridgehead atoms. The number of piperidine rings is 1. The summed E-state index contributed by atoms with van der Waals surface area (Å²) in [6.07, 6.45) is 8.96. The predicted molar refractivity (Wildman–Crippen MR) is 87.9 cm³/mol. The third kappa shape index (κ3) is 4.13. The molecule has 0 spiro atoms. The number of nitrogens with one attached hydrogen (secondary N) is 3. The first kappa shape index (κ1) is 17.5. The van der Waals surface area contributed by atoms with Crippen molar-refractivity contribution in [1.82, 2.24) is 16.0 Å². The van der Waals surface area contributed by atoms with E-state index in [1.165, 1.54) is 32.6 Å². The van der Waals surface area contributed by atoms with Crippen LogP contribution in [-0.2, 0) is 9.59 Å². The molecular weight excluding hydrogens is 302 g/mol. The van der Waals surface area contributed by atoms with E-state index in [-0.39, 0.29) is 36.3 Å². The van der Waals surface area contributed by atoms with Crippen LogP contribution in [0.5, 0.6) is 0 Å². The van der Waals surface area contributed by atoms with Gasteiger partial charge in [-0.15, -0.1) is 12.4 Å². The van der Waals surface area contributed by atoms with E-state index in [1.54, 1.807) is 0 Å². The van der Waals surface area contributed by atoms with Gasteiger partial charge < -0.3 is 16.0 Å². The summed E-state index contributed by atoms with van der Waals surface area (Å²) < 4.78 is 0. The van der Waals surface area contributed by atoms with Crippen LogP contribution in [0.3, 0.4) is 0 Å². The van der Waals surface area contributed by atoms with Crippen LogP contribution in [0.1, 0.15) is 58.3 Å². The zero-order valence-electron chi connectivity index (χ0n) is 13.3. The number of carbonyl (C=O) groups is 2. The quantitative estimate of drug-likeness (QED) is 0.732. The smallest absolute Gasteiger partial charge is 0.243 e. The SMILES string of the molecule is CC(=O)NC(C(=O)NC1CC2CCC(C1)N2)C1CCCC1.Cl. The molecule has 3 rings (SSSR count). The van der Waals surface area contributed by atoms with Crippen molar-refractivity contribution < 1.29 is 9.59 Å². The van der Waals surface area contributed by atoms with Gasteiger partial charge in [0.1, 0.15) is 6.04 Å². The fraction of sp³-hybridized carbons (Fsp3) is 0.875. The predicted octanol–water partition coefficient (Wildman–Crippen LogP) is 1.50. The van der Waals surface area contributed by atoms with Crippen molar-refractivity contribution in [2.45, 2.75) is 82.5 Å². The summed E-state index contributed by atoms with van der Waals surface area (Å²) in [6.45, 7) is 1.50. The van der Waals surface area contributed by atoms with Crippen molar-refractivity contribution >= 4 is 24.2 Å². The Balaban J connectivity index is 0.00000176. The number of carbonyl (C=O) groups excluding carboxylic acids is 2. The van der Waals surface area contributed by atoms with Crippen molar-refractivity contribution in [3.63, 3.8) is 0 Å². The highest BCUT2D eigenvalue weighted by molar-refractivity contribution is 5.87. The van der Waals surface area contributed by atoms with Crippen LogP contribution < -0.4 is 16.0 Å². The van der Waals surface area contributed by atoms with E-state index in [2.05, 4.69) is 16.0 Å². The number of hydrogen-bond donors (Lipinski definition) is 3. The molecule has 0 aromatic carbocycles. The van der Waals surface area contributed by atoms with E-state index in [0.717, 1.165) is 25.7 Å². The fourth-order valence-electron chi connectivity index (χ4n) is 4.37. The van der Waals surface area contributed by atoms with Gasteiger partial charge in [-0.2, -0.15) is 0 Å². The highest BCUT2D eigenvalue weighted by Gasteiger charge is 2.37. The second-order valence-corrected chi connectivity index (χ2v) is 7.04. The van der Waals surface area contributed by atoms with Gasteiger partial charge >= 0.3 is 0 Å². The number of halogens is 1. The van der Waals surface area contributed by atoms with Crippen LogP contribution in [0.4, 0.5) is 0 Å². The monoisotopic (exact) mass is 329 g/mol. The molecule has 22 heavy (non-hydrogen) atoms. The number of fused-ring (bicyclic) bond motifs is 2. The van der Waals surface area contributed by atoms with Crippen molar-refractivity contribution in [1.29, 1.82) is 0 Å². The van der Waals surface area contributed by atoms with Gasteiger partial charge in [-0.25, -0.2) is 0 Å². The normalized spacial score (nSPS) is 32.1. The highest BCUT2D eigenvalue weighted by atomic mass is 35.5. The highest BCUT2D eigenvalue weighted by Crippen LogP contribution is 2.29. The molecule has 3 aliphatic rings. The molecule has 2 amide bonds. The topological polar surface area (TPSA) is 70.2 Å². The molecule has 5 nitrogen and oxygen atoms in total. The average Bonchev–Trinajstić information content (AvgIpc) is 3.06. The van der Waals surface area contributed by atoms with E-state index in [1.807, 2.05) is 0 Å². The molecule has 3 atom stereocenters. The largest absolute Gasteiger partial charge is 0.351 e. The molecule has 2 heterocycles. The summed E-state index contributed by atoms with van der Waals surface area (Å²) >= 11 is 0. The van der Waals surface area contributed by atoms with Crippen LogP contribution in [0.2, 0.25) is 0 Å². The summed E-state index contributed by atoms with van der Waals surface area (Å²) in [6, 6.07) is 1.07. The van der Waals surface area contributed by atoms with Crippen molar-refractivity contribution in [2.24, 2.45) is 5.92 Å². The number of rotatable bonds is 4. The molecule has 126 valence electrons. The summed E-state index contributed by atoms with van der Waals surface area (Å²) in [5, 5.41) is 9.68. The average molecular weight is 330 g/mol. The van der Waals surface area contributed by atoms with Crippen molar-refractivity contribution in [3.8, 4) is 0 Å². The van der Waals surface area contributed by atoms with Gasteiger partial charge in [0.25, 0.3) is 0 Å². The standard InChI is InChI=1S/C16H27N3O2.ClH/c1-10(20)17-15(11-4-2-3-5-11)16(21)19-14-8-12-6-7-13(9-14)18-12;/h11-15,18H,2-9H2,1H3,(H,17,20)(H,19,21);1H. The summed E-state index contributed by atoms with van der Waals surface area (Å²) in [5.74, 6) is 0.239. The molecule has 1 aliphatic carbocycles. The van der Waals surface area contributed by atoms with Crippen LogP contribution in [0.15, 0.2) is 0 Å². The number of hydrogen-bond acceptors (Lipinski definition) is 3. The fourth-order valence-corrected chi connectivity index (χ4v) is 4.37. The molecule has 0 aromatic heterocycles. The molecule has 2 aliphatic heterocycles. The van der Waals surface area contributed by atoms with Gasteiger partial charge in [0.2, 0.25) is 11.8 Å². The minimum absolute atomic E-state index is 0. The van der Waals surface area contributed by atoms with Crippen LogP contribution in [0.25, 0.3) is 0 Å². The van der Waals surface area contributed by atoms with E-state index in [4.69, 9.17) is 0 Å². The molecule has 3 N–H and O–H groups in total. The summed E-state index contributed by atoms with van der Waals surface area (Å²) in [5.41, 5.74) is 0. The zero-order chi connectivity index (χ0) is 14.8. The third-order valence-electron chi connectivity index (χ3n) is 5.33. The van der Waals surface area contributed by atoms with Crippen molar-refractivity contribution in [2.75, 3.05) is 0 Å². The Labute approximate surface area is 138 Å². The first-order valence-corrected chi connectivity index (χ1v) is 8.45. The van der Waals surface area contributed by atoms with Crippen molar-refractivity contribution in [3.05, 3.63) is 0 Å². The lowest BCUT2D eigenvalue weighted by Gasteiger charge is -2.32. The second-order valence-electron chi connectivity index (χ2n) is 7.04. The van der Waals surface area contributed by atoms with E-state index in [0.29, 0.717) is 18.0 Å². The Kier molecular flexibility index (Phi) is 6.09. The maximum absolute atomic E-state index is 12.6. The molecule has 3 fully saturated rings. The lowest BCUT2D eigenvalue weighted by molar-refractivity contribution is -0.130. The van der Waals surface area contributed by atoms with Gasteiger partial charge in [0.15, 0.2) is 0 Å². The number of amides is 2. The maximum atomic E-state index is 12.6.